The molecule has 0 spiro atoms. The first kappa shape index (κ1) is 15.5. The maximum atomic E-state index is 14.3. The standard InChI is InChI=1S/C19H17FN4O/c1-10-6-16(20)15(18(25)23-13-3-4-13)8-14(10)11-2-5-17-12(7-11)9-22-19(21)24-17/h2,5-9,13H,3-4H2,1H3,(H,23,25)(H2,21,22,24). The highest BCUT2D eigenvalue weighted by Crippen LogP contribution is 2.29. The van der Waals surface area contributed by atoms with E-state index in [4.69, 9.17) is 5.73 Å². The van der Waals surface area contributed by atoms with Crippen LogP contribution in [-0.2, 0) is 0 Å². The topological polar surface area (TPSA) is 80.9 Å². The van der Waals surface area contributed by atoms with Gasteiger partial charge in [0.2, 0.25) is 5.95 Å². The maximum absolute atomic E-state index is 14.3. The molecule has 6 heteroatoms. The van der Waals surface area contributed by atoms with Crippen molar-refractivity contribution in [2.75, 3.05) is 5.73 Å². The van der Waals surface area contributed by atoms with Crippen molar-refractivity contribution in [3.8, 4) is 11.1 Å². The summed E-state index contributed by atoms with van der Waals surface area (Å²) < 4.78 is 14.3. The Labute approximate surface area is 144 Å². The van der Waals surface area contributed by atoms with Gasteiger partial charge in [-0.25, -0.2) is 14.4 Å². The van der Waals surface area contributed by atoms with E-state index in [1.807, 2.05) is 25.1 Å². The molecule has 0 atom stereocenters. The Morgan fingerprint density at radius 1 is 1.28 bits per heavy atom. The lowest BCUT2D eigenvalue weighted by Gasteiger charge is -2.11. The Bertz CT molecular complexity index is 998. The summed E-state index contributed by atoms with van der Waals surface area (Å²) in [6.07, 6.45) is 3.57. The van der Waals surface area contributed by atoms with E-state index in [1.165, 1.54) is 6.07 Å². The zero-order valence-corrected chi connectivity index (χ0v) is 13.7. The number of benzene rings is 2. The average molecular weight is 336 g/mol. The molecule has 4 rings (SSSR count). The van der Waals surface area contributed by atoms with Crippen LogP contribution in [0, 0.1) is 12.7 Å². The summed E-state index contributed by atoms with van der Waals surface area (Å²) in [7, 11) is 0. The summed E-state index contributed by atoms with van der Waals surface area (Å²) in [5.74, 6) is -0.647. The summed E-state index contributed by atoms with van der Waals surface area (Å²) in [5, 5.41) is 3.66. The lowest BCUT2D eigenvalue weighted by atomic mass is 9.96. The second kappa shape index (κ2) is 5.81. The number of nitrogens with one attached hydrogen (secondary N) is 1. The predicted molar refractivity (Wildman–Crippen MR) is 94.6 cm³/mol. The highest BCUT2D eigenvalue weighted by atomic mass is 19.1. The number of fused-ring (bicyclic) bond motifs is 1. The van der Waals surface area contributed by atoms with Gasteiger partial charge in [-0.2, -0.15) is 0 Å². The van der Waals surface area contributed by atoms with Crippen LogP contribution in [-0.4, -0.2) is 21.9 Å². The number of nitrogen functional groups attached to an aromatic ring is 1. The van der Waals surface area contributed by atoms with Crippen molar-refractivity contribution in [1.29, 1.82) is 0 Å². The first-order chi connectivity index (χ1) is 12.0. The molecule has 1 aromatic heterocycles. The van der Waals surface area contributed by atoms with E-state index in [2.05, 4.69) is 15.3 Å². The number of aromatic nitrogens is 2. The number of hydrogen-bond donors (Lipinski definition) is 2. The first-order valence-corrected chi connectivity index (χ1v) is 8.15. The number of anilines is 1. The number of hydrogen-bond acceptors (Lipinski definition) is 4. The third-order valence-electron chi connectivity index (χ3n) is 4.38. The van der Waals surface area contributed by atoms with E-state index in [1.54, 1.807) is 12.3 Å². The van der Waals surface area contributed by atoms with Crippen molar-refractivity contribution in [1.82, 2.24) is 15.3 Å². The molecule has 25 heavy (non-hydrogen) atoms. The van der Waals surface area contributed by atoms with Crippen LogP contribution in [0.15, 0.2) is 36.5 Å². The summed E-state index contributed by atoms with van der Waals surface area (Å²) in [6, 6.07) is 8.84. The number of aryl methyl sites for hydroxylation is 1. The number of rotatable bonds is 3. The molecule has 126 valence electrons. The van der Waals surface area contributed by atoms with Crippen LogP contribution in [0.3, 0.4) is 0 Å². The third-order valence-corrected chi connectivity index (χ3v) is 4.38. The minimum absolute atomic E-state index is 0.0705. The molecular weight excluding hydrogens is 319 g/mol. The SMILES string of the molecule is Cc1cc(F)c(C(=O)NC2CC2)cc1-c1ccc2nc(N)ncc2c1. The smallest absolute Gasteiger partial charge is 0.254 e. The molecular formula is C19H17FN4O. The molecule has 0 aliphatic heterocycles. The van der Waals surface area contributed by atoms with Gasteiger partial charge in [-0.05, 0) is 60.7 Å². The van der Waals surface area contributed by atoms with Gasteiger partial charge in [0.1, 0.15) is 5.82 Å². The van der Waals surface area contributed by atoms with Gasteiger partial charge in [0.05, 0.1) is 11.1 Å². The summed E-state index contributed by atoms with van der Waals surface area (Å²) >= 11 is 0. The third kappa shape index (κ3) is 3.03. The lowest BCUT2D eigenvalue weighted by molar-refractivity contribution is 0.0947. The van der Waals surface area contributed by atoms with E-state index in [0.717, 1.165) is 40.4 Å². The monoisotopic (exact) mass is 336 g/mol. The number of nitrogens with zero attached hydrogens (tertiary/aromatic N) is 2. The maximum Gasteiger partial charge on any atom is 0.254 e. The molecule has 0 bridgehead atoms. The molecule has 1 fully saturated rings. The van der Waals surface area contributed by atoms with Crippen LogP contribution >= 0.6 is 0 Å². The van der Waals surface area contributed by atoms with Gasteiger partial charge in [0, 0.05) is 17.6 Å². The second-order valence-corrected chi connectivity index (χ2v) is 6.40. The molecule has 1 saturated carbocycles. The van der Waals surface area contributed by atoms with E-state index < -0.39 is 5.82 Å². The quantitative estimate of drug-likeness (QED) is 0.769. The molecule has 3 aromatic rings. The van der Waals surface area contributed by atoms with Crippen molar-refractivity contribution >= 4 is 22.8 Å². The zero-order chi connectivity index (χ0) is 17.6. The molecule has 1 aliphatic carbocycles. The predicted octanol–water partition coefficient (Wildman–Crippen LogP) is 3.22. The van der Waals surface area contributed by atoms with Crippen LogP contribution in [0.1, 0.15) is 28.8 Å². The average Bonchev–Trinajstić information content (AvgIpc) is 3.38. The largest absolute Gasteiger partial charge is 0.368 e. The van der Waals surface area contributed by atoms with Crippen molar-refractivity contribution in [2.24, 2.45) is 0 Å². The normalized spacial score (nSPS) is 13.8. The minimum atomic E-state index is -0.503. The zero-order valence-electron chi connectivity index (χ0n) is 13.7. The molecule has 5 nitrogen and oxygen atoms in total. The van der Waals surface area contributed by atoms with Crippen molar-refractivity contribution in [2.45, 2.75) is 25.8 Å². The molecule has 2 aromatic carbocycles. The second-order valence-electron chi connectivity index (χ2n) is 6.40. The first-order valence-electron chi connectivity index (χ1n) is 8.15. The molecule has 1 aliphatic rings. The molecule has 3 N–H and O–H groups in total. The van der Waals surface area contributed by atoms with E-state index in [-0.39, 0.29) is 23.5 Å². The molecule has 0 saturated heterocycles. The fourth-order valence-corrected chi connectivity index (χ4v) is 2.86. The van der Waals surface area contributed by atoms with E-state index in [9.17, 15) is 9.18 Å². The molecule has 0 unspecified atom stereocenters. The summed E-state index contributed by atoms with van der Waals surface area (Å²) in [6.45, 7) is 1.82. The van der Waals surface area contributed by atoms with Gasteiger partial charge >= 0.3 is 0 Å². The van der Waals surface area contributed by atoms with Crippen LogP contribution in [0.2, 0.25) is 0 Å². The number of halogens is 1. The number of amides is 1. The van der Waals surface area contributed by atoms with Gasteiger partial charge in [-0.1, -0.05) is 6.07 Å². The Balaban J connectivity index is 1.78. The van der Waals surface area contributed by atoms with Gasteiger partial charge < -0.3 is 11.1 Å². The van der Waals surface area contributed by atoms with Gasteiger partial charge in [0.25, 0.3) is 5.91 Å². The minimum Gasteiger partial charge on any atom is -0.368 e. The Morgan fingerprint density at radius 2 is 2.08 bits per heavy atom. The van der Waals surface area contributed by atoms with Gasteiger partial charge in [-0.15, -0.1) is 0 Å². The fraction of sp³-hybridized carbons (Fsp3) is 0.211. The Kier molecular flexibility index (Phi) is 3.60. The highest BCUT2D eigenvalue weighted by molar-refractivity contribution is 5.97. The van der Waals surface area contributed by atoms with Crippen LogP contribution in [0.25, 0.3) is 22.0 Å². The van der Waals surface area contributed by atoms with Gasteiger partial charge in [-0.3, -0.25) is 4.79 Å². The lowest BCUT2D eigenvalue weighted by Crippen LogP contribution is -2.26. The molecule has 1 heterocycles. The van der Waals surface area contributed by atoms with Crippen molar-refractivity contribution in [3.63, 3.8) is 0 Å². The summed E-state index contributed by atoms with van der Waals surface area (Å²) in [4.78, 5) is 20.5. The number of carbonyl (C=O) groups excluding carboxylic acids is 1. The number of carbonyl (C=O) groups is 1. The molecule has 1 amide bonds. The van der Waals surface area contributed by atoms with Gasteiger partial charge in [0.15, 0.2) is 0 Å². The van der Waals surface area contributed by atoms with Crippen LogP contribution in [0.4, 0.5) is 10.3 Å². The number of nitrogens with two attached hydrogens (primary N) is 1. The van der Waals surface area contributed by atoms with Crippen LogP contribution in [0.5, 0.6) is 0 Å². The molecule has 0 radical (unpaired) electrons. The Morgan fingerprint density at radius 3 is 2.84 bits per heavy atom. The Hall–Kier alpha value is -3.02. The van der Waals surface area contributed by atoms with Crippen LogP contribution < -0.4 is 11.1 Å². The van der Waals surface area contributed by atoms with E-state index >= 15 is 0 Å². The highest BCUT2D eigenvalue weighted by Gasteiger charge is 2.25. The van der Waals surface area contributed by atoms with Crippen molar-refractivity contribution in [3.05, 3.63) is 53.5 Å². The fourth-order valence-electron chi connectivity index (χ4n) is 2.86. The summed E-state index contributed by atoms with van der Waals surface area (Å²) in [5.41, 5.74) is 8.85. The van der Waals surface area contributed by atoms with Crippen molar-refractivity contribution < 1.29 is 9.18 Å². The van der Waals surface area contributed by atoms with E-state index in [0.29, 0.717) is 0 Å².